The van der Waals surface area contributed by atoms with E-state index in [0.717, 1.165) is 12.4 Å². The van der Waals surface area contributed by atoms with Crippen molar-refractivity contribution in [1.82, 2.24) is 9.55 Å². The molecule has 0 radical (unpaired) electrons. The first kappa shape index (κ1) is 26.2. The van der Waals surface area contributed by atoms with Gasteiger partial charge in [-0.2, -0.15) is 8.78 Å². The number of carbonyl (C=O) groups is 1. The van der Waals surface area contributed by atoms with E-state index >= 15 is 4.39 Å². The molecule has 2 atom stereocenters. The zero-order valence-electron chi connectivity index (χ0n) is 20.3. The average molecular weight is 506 g/mol. The summed E-state index contributed by atoms with van der Waals surface area (Å²) >= 11 is 0. The molecule has 0 amide bonds. The van der Waals surface area contributed by atoms with Crippen LogP contribution in [0.5, 0.6) is 0 Å². The molecule has 2 fully saturated rings. The summed E-state index contributed by atoms with van der Waals surface area (Å²) in [6.45, 7) is 0.966. The average Bonchev–Trinajstić information content (AvgIpc) is 3.41. The molecule has 2 aromatic heterocycles. The van der Waals surface area contributed by atoms with Crippen LogP contribution in [-0.2, 0) is 20.8 Å². The molecule has 3 heterocycles. The van der Waals surface area contributed by atoms with E-state index < -0.39 is 29.8 Å². The van der Waals surface area contributed by atoms with Crippen molar-refractivity contribution in [2.75, 3.05) is 13.2 Å². The smallest absolute Gasteiger partial charge is 0.331 e. The number of halogens is 3. The van der Waals surface area contributed by atoms with Crippen LogP contribution in [0.25, 0.3) is 11.0 Å². The number of hydrogen-bond acceptors (Lipinski definition) is 7. The van der Waals surface area contributed by atoms with Crippen LogP contribution < -0.4 is 0 Å². The van der Waals surface area contributed by atoms with Gasteiger partial charge in [-0.25, -0.2) is 9.38 Å². The van der Waals surface area contributed by atoms with Crippen molar-refractivity contribution in [2.45, 2.75) is 75.9 Å². The number of aliphatic imine (C=N–C) groups is 1. The number of nitrogens with one attached hydrogen (secondary N) is 2. The summed E-state index contributed by atoms with van der Waals surface area (Å²) in [6, 6.07) is 1.69. The minimum Gasteiger partial charge on any atom is -0.348 e. The number of carbonyl (C=O) groups excluding carboxylic acids is 1. The van der Waals surface area contributed by atoms with Gasteiger partial charge >= 0.3 is 6.55 Å². The van der Waals surface area contributed by atoms with Crippen molar-refractivity contribution >= 4 is 35.0 Å². The van der Waals surface area contributed by atoms with Crippen LogP contribution in [0.2, 0.25) is 0 Å². The van der Waals surface area contributed by atoms with Gasteiger partial charge in [-0.05, 0) is 38.3 Å². The fourth-order valence-corrected chi connectivity index (χ4v) is 5.23. The molecule has 0 aromatic carbocycles. The SMILES string of the molecule is CC(=N)C(C(C)=O)c1cnc2c(C(C=N)C=NC(F)F)cn(CC3(F)CCC4(CC3)OCCO4)c2c1. The number of rotatable bonds is 9. The Morgan fingerprint density at radius 1 is 1.25 bits per heavy atom. The molecule has 8 nitrogen and oxygen atoms in total. The van der Waals surface area contributed by atoms with E-state index in [1.54, 1.807) is 16.8 Å². The summed E-state index contributed by atoms with van der Waals surface area (Å²) in [5.74, 6) is -2.63. The zero-order valence-corrected chi connectivity index (χ0v) is 20.3. The third-order valence-electron chi connectivity index (χ3n) is 7.01. The molecule has 2 aliphatic rings. The van der Waals surface area contributed by atoms with Crippen molar-refractivity contribution in [2.24, 2.45) is 4.99 Å². The van der Waals surface area contributed by atoms with E-state index in [0.29, 0.717) is 48.2 Å². The highest BCUT2D eigenvalue weighted by atomic mass is 19.3. The number of ketones is 1. The minimum absolute atomic E-state index is 0.0320. The molecular weight excluding hydrogens is 475 g/mol. The Labute approximate surface area is 206 Å². The Bertz CT molecular complexity index is 1170. The first-order valence-corrected chi connectivity index (χ1v) is 11.9. The van der Waals surface area contributed by atoms with Crippen LogP contribution in [0.15, 0.2) is 23.5 Å². The Balaban J connectivity index is 1.75. The van der Waals surface area contributed by atoms with Crippen molar-refractivity contribution < 1.29 is 27.4 Å². The molecule has 11 heteroatoms. The first-order valence-electron chi connectivity index (χ1n) is 11.9. The lowest BCUT2D eigenvalue weighted by Crippen LogP contribution is -2.43. The Morgan fingerprint density at radius 2 is 1.92 bits per heavy atom. The molecule has 1 aliphatic carbocycles. The van der Waals surface area contributed by atoms with Crippen LogP contribution in [0.1, 0.15) is 62.5 Å². The lowest BCUT2D eigenvalue weighted by Gasteiger charge is -2.39. The minimum atomic E-state index is -2.92. The zero-order chi connectivity index (χ0) is 26.1. The normalized spacial score (nSPS) is 20.8. The quantitative estimate of drug-likeness (QED) is 0.376. The van der Waals surface area contributed by atoms with Crippen LogP contribution in [-0.4, -0.2) is 64.7 Å². The summed E-state index contributed by atoms with van der Waals surface area (Å²) in [5, 5.41) is 15.8. The topological polar surface area (TPSA) is 113 Å². The molecule has 1 aliphatic heterocycles. The number of pyridine rings is 1. The van der Waals surface area contributed by atoms with Crippen molar-refractivity contribution in [3.8, 4) is 0 Å². The van der Waals surface area contributed by atoms with Crippen molar-refractivity contribution in [1.29, 1.82) is 10.8 Å². The summed E-state index contributed by atoms with van der Waals surface area (Å²) in [7, 11) is 0. The second kappa shape index (κ2) is 10.2. The van der Waals surface area contributed by atoms with E-state index in [4.69, 9.17) is 20.3 Å². The molecule has 1 saturated heterocycles. The number of fused-ring (bicyclic) bond motifs is 1. The largest absolute Gasteiger partial charge is 0.348 e. The van der Waals surface area contributed by atoms with E-state index in [-0.39, 0.29) is 30.9 Å². The van der Waals surface area contributed by atoms with Gasteiger partial charge in [-0.1, -0.05) is 0 Å². The summed E-state index contributed by atoms with van der Waals surface area (Å²) in [6.07, 6.45) is 6.31. The maximum atomic E-state index is 16.1. The molecule has 0 bridgehead atoms. The number of ether oxygens (including phenoxy) is 2. The summed E-state index contributed by atoms with van der Waals surface area (Å²) in [5.41, 5.74) is 0.396. The van der Waals surface area contributed by atoms with Crippen molar-refractivity contribution in [3.05, 3.63) is 29.6 Å². The number of aromatic nitrogens is 2. The maximum absolute atomic E-state index is 16.1. The number of alkyl halides is 3. The molecule has 36 heavy (non-hydrogen) atoms. The molecule has 2 aromatic rings. The van der Waals surface area contributed by atoms with E-state index in [9.17, 15) is 13.6 Å². The lowest BCUT2D eigenvalue weighted by molar-refractivity contribution is -0.194. The molecule has 4 rings (SSSR count). The predicted octanol–water partition coefficient (Wildman–Crippen LogP) is 4.80. The lowest BCUT2D eigenvalue weighted by atomic mass is 9.82. The fraction of sp³-hybridized carbons (Fsp3) is 0.560. The third kappa shape index (κ3) is 5.27. The van der Waals surface area contributed by atoms with Crippen LogP contribution in [0, 0.1) is 10.8 Å². The van der Waals surface area contributed by atoms with Crippen LogP contribution in [0.3, 0.4) is 0 Å². The predicted molar refractivity (Wildman–Crippen MR) is 130 cm³/mol. The molecule has 2 unspecified atom stereocenters. The van der Waals surface area contributed by atoms with Gasteiger partial charge in [0.05, 0.1) is 42.6 Å². The second-order valence-electron chi connectivity index (χ2n) is 9.60. The number of Topliss-reactive ketones (excluding diaryl/α,β-unsaturated/α-hetero) is 1. The summed E-state index contributed by atoms with van der Waals surface area (Å²) in [4.78, 5) is 19.8. The van der Waals surface area contributed by atoms with Gasteiger partial charge in [-0.15, -0.1) is 0 Å². The van der Waals surface area contributed by atoms with E-state index in [1.807, 2.05) is 0 Å². The van der Waals surface area contributed by atoms with E-state index in [1.165, 1.54) is 20.0 Å². The molecule has 194 valence electrons. The van der Waals surface area contributed by atoms with Gasteiger partial charge in [0.25, 0.3) is 0 Å². The van der Waals surface area contributed by atoms with Gasteiger partial charge in [0.15, 0.2) is 5.79 Å². The molecule has 1 spiro atoms. The third-order valence-corrected chi connectivity index (χ3v) is 7.01. The highest BCUT2D eigenvalue weighted by Gasteiger charge is 2.47. The van der Waals surface area contributed by atoms with Crippen molar-refractivity contribution in [3.63, 3.8) is 0 Å². The maximum Gasteiger partial charge on any atom is 0.331 e. The Hall–Kier alpha value is -2.92. The van der Waals surface area contributed by atoms with Gasteiger partial charge in [-0.3, -0.25) is 9.78 Å². The van der Waals surface area contributed by atoms with E-state index in [2.05, 4.69) is 9.98 Å². The Kier molecular flexibility index (Phi) is 7.42. The second-order valence-corrected chi connectivity index (χ2v) is 9.60. The Morgan fingerprint density at radius 3 is 2.47 bits per heavy atom. The summed E-state index contributed by atoms with van der Waals surface area (Å²) < 4.78 is 54.6. The standard InChI is InChI=1S/C25H30F3N5O3/c1-15(30)21(16(2)34)17-9-20-22(31-11-17)19(18(10-29)12-32-23(26)27)13-33(20)14-24(28)3-5-25(6-4-24)35-7-8-36-25/h9-13,18,21,23,29-30H,3-8,14H2,1-2H3. The molecule has 1 saturated carbocycles. The molecular formula is C25H30F3N5O3. The monoisotopic (exact) mass is 505 g/mol. The first-order chi connectivity index (χ1) is 17.1. The van der Waals surface area contributed by atoms with Gasteiger partial charge in [0.1, 0.15) is 11.5 Å². The van der Waals surface area contributed by atoms with Gasteiger partial charge in [0, 0.05) is 48.9 Å². The highest BCUT2D eigenvalue weighted by Crippen LogP contribution is 2.43. The fourth-order valence-electron chi connectivity index (χ4n) is 5.23. The molecule has 2 N–H and O–H groups in total. The van der Waals surface area contributed by atoms with Gasteiger partial charge in [0.2, 0.25) is 0 Å². The van der Waals surface area contributed by atoms with Crippen LogP contribution in [0.4, 0.5) is 13.2 Å². The number of hydrogen-bond donors (Lipinski definition) is 2. The van der Waals surface area contributed by atoms with Gasteiger partial charge < -0.3 is 24.9 Å². The number of nitrogens with zero attached hydrogens (tertiary/aromatic N) is 3. The van der Waals surface area contributed by atoms with Crippen LogP contribution >= 0.6 is 0 Å². The highest BCUT2D eigenvalue weighted by molar-refractivity contribution is 6.07.